The first-order valence-electron chi connectivity index (χ1n) is 6.33. The molecule has 6 heteroatoms. The molecule has 4 nitrogen and oxygen atoms in total. The van der Waals surface area contributed by atoms with Gasteiger partial charge in [-0.15, -0.1) is 0 Å². The largest absolute Gasteiger partial charge is 0.434 e. The standard InChI is InChI=1S/C14H15F2N3O/c1-2-5-17-7-11-8-19-14(9-18-11)20-13-4-3-10(15)6-12(13)16/h3-4,6,8-9,17H,2,5,7H2,1H3. The van der Waals surface area contributed by atoms with E-state index in [2.05, 4.69) is 22.2 Å². The molecule has 0 aliphatic carbocycles. The Balaban J connectivity index is 1.99. The molecule has 0 aliphatic heterocycles. The summed E-state index contributed by atoms with van der Waals surface area (Å²) in [6.45, 7) is 3.60. The molecule has 0 spiro atoms. The summed E-state index contributed by atoms with van der Waals surface area (Å²) in [5, 5.41) is 3.19. The Labute approximate surface area is 115 Å². The summed E-state index contributed by atoms with van der Waals surface area (Å²) in [5.41, 5.74) is 0.769. The zero-order valence-corrected chi connectivity index (χ0v) is 11.1. The number of nitrogens with one attached hydrogen (secondary N) is 1. The number of rotatable bonds is 6. The Bertz CT molecular complexity index is 561. The van der Waals surface area contributed by atoms with Crippen LogP contribution >= 0.6 is 0 Å². The number of hydrogen-bond acceptors (Lipinski definition) is 4. The highest BCUT2D eigenvalue weighted by atomic mass is 19.1. The van der Waals surface area contributed by atoms with Crippen LogP contribution in [0.3, 0.4) is 0 Å². The van der Waals surface area contributed by atoms with E-state index in [1.165, 1.54) is 12.3 Å². The first kappa shape index (κ1) is 14.3. The van der Waals surface area contributed by atoms with E-state index in [0.29, 0.717) is 6.54 Å². The van der Waals surface area contributed by atoms with Gasteiger partial charge in [0, 0.05) is 12.6 Å². The van der Waals surface area contributed by atoms with Gasteiger partial charge in [0.25, 0.3) is 0 Å². The SMILES string of the molecule is CCCNCc1cnc(Oc2ccc(F)cc2F)cn1. The molecule has 0 fully saturated rings. The zero-order valence-electron chi connectivity index (χ0n) is 11.1. The maximum Gasteiger partial charge on any atom is 0.237 e. The lowest BCUT2D eigenvalue weighted by Gasteiger charge is -2.06. The van der Waals surface area contributed by atoms with E-state index in [-0.39, 0.29) is 11.6 Å². The van der Waals surface area contributed by atoms with Gasteiger partial charge in [0.05, 0.1) is 18.1 Å². The van der Waals surface area contributed by atoms with Gasteiger partial charge in [-0.2, -0.15) is 0 Å². The lowest BCUT2D eigenvalue weighted by atomic mass is 10.3. The molecule has 0 bridgehead atoms. The molecule has 1 N–H and O–H groups in total. The fourth-order valence-corrected chi connectivity index (χ4v) is 1.55. The minimum atomic E-state index is -0.777. The lowest BCUT2D eigenvalue weighted by molar-refractivity contribution is 0.421. The smallest absolute Gasteiger partial charge is 0.237 e. The second kappa shape index (κ2) is 6.91. The van der Waals surface area contributed by atoms with Crippen LogP contribution in [0.15, 0.2) is 30.6 Å². The number of benzene rings is 1. The van der Waals surface area contributed by atoms with Crippen LogP contribution in [0, 0.1) is 11.6 Å². The third-order valence-electron chi connectivity index (χ3n) is 2.52. The number of nitrogens with zero attached hydrogens (tertiary/aromatic N) is 2. The summed E-state index contributed by atoms with van der Waals surface area (Å²) in [5.74, 6) is -1.36. The first-order chi connectivity index (χ1) is 9.69. The Kier molecular flexibility index (Phi) is 4.95. The Morgan fingerprint density at radius 2 is 2.05 bits per heavy atom. The molecule has 20 heavy (non-hydrogen) atoms. The van der Waals surface area contributed by atoms with E-state index in [1.807, 2.05) is 0 Å². The van der Waals surface area contributed by atoms with Crippen LogP contribution in [0.25, 0.3) is 0 Å². The fourth-order valence-electron chi connectivity index (χ4n) is 1.55. The van der Waals surface area contributed by atoms with E-state index in [4.69, 9.17) is 4.74 Å². The van der Waals surface area contributed by atoms with Crippen LogP contribution in [0.1, 0.15) is 19.0 Å². The van der Waals surface area contributed by atoms with Gasteiger partial charge in [0.1, 0.15) is 5.82 Å². The van der Waals surface area contributed by atoms with Crippen molar-refractivity contribution < 1.29 is 13.5 Å². The van der Waals surface area contributed by atoms with Gasteiger partial charge in [-0.05, 0) is 25.1 Å². The third-order valence-corrected chi connectivity index (χ3v) is 2.52. The van der Waals surface area contributed by atoms with Gasteiger partial charge in [-0.3, -0.25) is 4.98 Å². The molecule has 0 amide bonds. The second-order valence-electron chi connectivity index (χ2n) is 4.20. The maximum absolute atomic E-state index is 13.4. The highest BCUT2D eigenvalue weighted by Crippen LogP contribution is 2.22. The van der Waals surface area contributed by atoms with Gasteiger partial charge in [0.15, 0.2) is 11.6 Å². The van der Waals surface area contributed by atoms with Crippen LogP contribution in [0.4, 0.5) is 8.78 Å². The quantitative estimate of drug-likeness (QED) is 0.826. The van der Waals surface area contributed by atoms with E-state index >= 15 is 0 Å². The summed E-state index contributed by atoms with van der Waals surface area (Å²) in [7, 11) is 0. The molecule has 0 saturated carbocycles. The molecule has 1 aromatic carbocycles. The molecule has 2 rings (SSSR count). The Hall–Kier alpha value is -2.08. The van der Waals surface area contributed by atoms with Gasteiger partial charge in [-0.1, -0.05) is 6.92 Å². The molecule has 0 unspecified atom stereocenters. The van der Waals surface area contributed by atoms with Crippen LogP contribution in [-0.2, 0) is 6.54 Å². The van der Waals surface area contributed by atoms with Crippen molar-refractivity contribution in [2.45, 2.75) is 19.9 Å². The van der Waals surface area contributed by atoms with Gasteiger partial charge in [0.2, 0.25) is 5.88 Å². The van der Waals surface area contributed by atoms with Crippen LogP contribution in [0.2, 0.25) is 0 Å². The Morgan fingerprint density at radius 3 is 2.70 bits per heavy atom. The molecule has 2 aromatic rings. The summed E-state index contributed by atoms with van der Waals surface area (Å²) in [4.78, 5) is 8.18. The molecule has 0 saturated heterocycles. The summed E-state index contributed by atoms with van der Waals surface area (Å²) < 4.78 is 31.4. The van der Waals surface area contributed by atoms with Crippen molar-refractivity contribution >= 4 is 0 Å². The van der Waals surface area contributed by atoms with Crippen molar-refractivity contribution in [2.24, 2.45) is 0 Å². The van der Waals surface area contributed by atoms with Crippen molar-refractivity contribution in [3.05, 3.63) is 47.9 Å². The minimum absolute atomic E-state index is 0.0856. The molecule has 1 aromatic heterocycles. The average Bonchev–Trinajstić information content (AvgIpc) is 2.44. The predicted molar refractivity (Wildman–Crippen MR) is 70.5 cm³/mol. The molecule has 0 radical (unpaired) electrons. The highest BCUT2D eigenvalue weighted by Gasteiger charge is 2.07. The molecule has 0 atom stereocenters. The van der Waals surface area contributed by atoms with Gasteiger partial charge >= 0.3 is 0 Å². The van der Waals surface area contributed by atoms with Crippen molar-refractivity contribution in [3.63, 3.8) is 0 Å². The van der Waals surface area contributed by atoms with E-state index in [0.717, 1.165) is 30.8 Å². The van der Waals surface area contributed by atoms with Crippen LogP contribution < -0.4 is 10.1 Å². The highest BCUT2D eigenvalue weighted by molar-refractivity contribution is 5.28. The normalized spacial score (nSPS) is 10.6. The van der Waals surface area contributed by atoms with Gasteiger partial charge < -0.3 is 10.1 Å². The minimum Gasteiger partial charge on any atom is -0.434 e. The number of aromatic nitrogens is 2. The number of ether oxygens (including phenoxy) is 1. The van der Waals surface area contributed by atoms with Crippen molar-refractivity contribution in [2.75, 3.05) is 6.54 Å². The van der Waals surface area contributed by atoms with Crippen molar-refractivity contribution in [3.8, 4) is 11.6 Å². The van der Waals surface area contributed by atoms with E-state index in [1.54, 1.807) is 6.20 Å². The zero-order chi connectivity index (χ0) is 14.4. The molecule has 106 valence electrons. The van der Waals surface area contributed by atoms with E-state index in [9.17, 15) is 8.78 Å². The second-order valence-corrected chi connectivity index (χ2v) is 4.20. The molecular weight excluding hydrogens is 264 g/mol. The summed E-state index contributed by atoms with van der Waals surface area (Å²) in [6, 6.07) is 3.09. The topological polar surface area (TPSA) is 47.0 Å². The molecule has 1 heterocycles. The monoisotopic (exact) mass is 279 g/mol. The summed E-state index contributed by atoms with van der Waals surface area (Å²) >= 11 is 0. The first-order valence-corrected chi connectivity index (χ1v) is 6.33. The fraction of sp³-hybridized carbons (Fsp3) is 0.286. The van der Waals surface area contributed by atoms with Crippen molar-refractivity contribution in [1.82, 2.24) is 15.3 Å². The lowest BCUT2D eigenvalue weighted by Crippen LogP contribution is -2.14. The third kappa shape index (κ3) is 3.96. The molecular formula is C14H15F2N3O. The maximum atomic E-state index is 13.4. The molecule has 0 aliphatic rings. The predicted octanol–water partition coefficient (Wildman–Crippen LogP) is 3.05. The average molecular weight is 279 g/mol. The Morgan fingerprint density at radius 1 is 1.20 bits per heavy atom. The van der Waals surface area contributed by atoms with Crippen molar-refractivity contribution in [1.29, 1.82) is 0 Å². The van der Waals surface area contributed by atoms with Gasteiger partial charge in [-0.25, -0.2) is 13.8 Å². The van der Waals surface area contributed by atoms with E-state index < -0.39 is 11.6 Å². The van der Waals surface area contributed by atoms with Crippen LogP contribution in [-0.4, -0.2) is 16.5 Å². The number of hydrogen-bond donors (Lipinski definition) is 1. The number of halogens is 2. The van der Waals surface area contributed by atoms with Crippen LogP contribution in [0.5, 0.6) is 11.6 Å². The summed E-state index contributed by atoms with van der Waals surface area (Å²) in [6.07, 6.45) is 4.00.